The number of rotatable bonds is 11. The molecule has 2 fully saturated rings. The predicted molar refractivity (Wildman–Crippen MR) is 154 cm³/mol. The fourth-order valence-electron chi connectivity index (χ4n) is 4.55. The van der Waals surface area contributed by atoms with Crippen LogP contribution in [0.3, 0.4) is 0 Å². The summed E-state index contributed by atoms with van der Waals surface area (Å²) >= 11 is 1.19. The standard InChI is InChI=1S/C30H36N4O4S/c1-4-27(35)33-30-32-20(3)28(39-30)29(36)31-19(2)22-7-11-25(12-8-22)38-26-15-16-34(17-26)23-9-13-24(14-10-23)37-18-21-5-6-21/h7-14,19,21,26H,4-6,15-18H2,1-3H3,(H,31,36)(H,32,33,35)/t19-,26+/m0/s1. The number of anilines is 2. The zero-order valence-electron chi connectivity index (χ0n) is 22.7. The molecule has 0 bridgehead atoms. The Morgan fingerprint density at radius 2 is 1.79 bits per heavy atom. The van der Waals surface area contributed by atoms with Crippen LogP contribution < -0.4 is 25.0 Å². The summed E-state index contributed by atoms with van der Waals surface area (Å²) in [4.78, 5) is 31.6. The molecule has 206 valence electrons. The van der Waals surface area contributed by atoms with Gasteiger partial charge < -0.3 is 25.0 Å². The summed E-state index contributed by atoms with van der Waals surface area (Å²) in [5.41, 5.74) is 2.77. The topological polar surface area (TPSA) is 92.8 Å². The van der Waals surface area contributed by atoms with Gasteiger partial charge in [-0.3, -0.25) is 9.59 Å². The van der Waals surface area contributed by atoms with E-state index < -0.39 is 0 Å². The van der Waals surface area contributed by atoms with Crippen molar-refractivity contribution in [1.29, 1.82) is 0 Å². The van der Waals surface area contributed by atoms with Gasteiger partial charge in [0.05, 0.1) is 24.9 Å². The molecule has 0 radical (unpaired) electrons. The van der Waals surface area contributed by atoms with Gasteiger partial charge in [0.1, 0.15) is 22.5 Å². The molecule has 2 N–H and O–H groups in total. The normalized spacial score (nSPS) is 17.5. The molecular formula is C30H36N4O4S. The third-order valence-electron chi connectivity index (χ3n) is 7.13. The number of hydrogen-bond donors (Lipinski definition) is 2. The highest BCUT2D eigenvalue weighted by Gasteiger charge is 2.25. The van der Waals surface area contributed by atoms with Crippen molar-refractivity contribution in [3.05, 3.63) is 64.7 Å². The molecule has 8 nitrogen and oxygen atoms in total. The highest BCUT2D eigenvalue weighted by atomic mass is 32.1. The Morgan fingerprint density at radius 1 is 1.08 bits per heavy atom. The van der Waals surface area contributed by atoms with E-state index in [0.717, 1.165) is 49.1 Å². The molecule has 2 aromatic carbocycles. The Bertz CT molecular complexity index is 1290. The first-order chi connectivity index (χ1) is 18.9. The minimum Gasteiger partial charge on any atom is -0.493 e. The number of nitrogens with one attached hydrogen (secondary N) is 2. The van der Waals surface area contributed by atoms with E-state index in [4.69, 9.17) is 9.47 Å². The number of hydrogen-bond acceptors (Lipinski definition) is 7. The van der Waals surface area contributed by atoms with Crippen LogP contribution in [-0.2, 0) is 4.79 Å². The van der Waals surface area contributed by atoms with Crippen molar-refractivity contribution in [3.8, 4) is 11.5 Å². The van der Waals surface area contributed by atoms with Crippen LogP contribution in [0.4, 0.5) is 10.8 Å². The second kappa shape index (κ2) is 12.1. The quantitative estimate of drug-likeness (QED) is 0.318. The van der Waals surface area contributed by atoms with Gasteiger partial charge in [-0.25, -0.2) is 4.98 Å². The van der Waals surface area contributed by atoms with Gasteiger partial charge in [0, 0.05) is 25.1 Å². The average Bonchev–Trinajstić information content (AvgIpc) is 3.54. The van der Waals surface area contributed by atoms with Gasteiger partial charge in [-0.15, -0.1) is 0 Å². The highest BCUT2D eigenvalue weighted by Crippen LogP contribution is 2.31. The monoisotopic (exact) mass is 548 g/mol. The Kier molecular flexibility index (Phi) is 8.35. The predicted octanol–water partition coefficient (Wildman–Crippen LogP) is 5.74. The first-order valence-electron chi connectivity index (χ1n) is 13.7. The summed E-state index contributed by atoms with van der Waals surface area (Å²) < 4.78 is 12.1. The van der Waals surface area contributed by atoms with Gasteiger partial charge in [0.2, 0.25) is 5.91 Å². The van der Waals surface area contributed by atoms with Gasteiger partial charge in [0.15, 0.2) is 5.13 Å². The summed E-state index contributed by atoms with van der Waals surface area (Å²) in [6.45, 7) is 8.11. The largest absolute Gasteiger partial charge is 0.493 e. The van der Waals surface area contributed by atoms with E-state index >= 15 is 0 Å². The Morgan fingerprint density at radius 3 is 2.49 bits per heavy atom. The van der Waals surface area contributed by atoms with Gasteiger partial charge in [-0.05, 0) is 74.6 Å². The molecule has 5 rings (SSSR count). The van der Waals surface area contributed by atoms with Crippen LogP contribution in [0.1, 0.15) is 66.5 Å². The molecule has 1 saturated heterocycles. The lowest BCUT2D eigenvalue weighted by molar-refractivity contribution is -0.115. The van der Waals surface area contributed by atoms with Crippen molar-refractivity contribution in [2.24, 2.45) is 5.92 Å². The maximum Gasteiger partial charge on any atom is 0.263 e. The molecule has 1 saturated carbocycles. The maximum atomic E-state index is 12.9. The number of nitrogens with zero attached hydrogens (tertiary/aromatic N) is 2. The SMILES string of the molecule is CCC(=O)Nc1nc(C)c(C(=O)N[C@@H](C)c2ccc(O[C@@H]3CCN(c4ccc(OCC5CC5)cc4)C3)cc2)s1. The minimum atomic E-state index is -0.205. The van der Waals surface area contributed by atoms with Crippen molar-refractivity contribution >= 4 is 34.0 Å². The fraction of sp³-hybridized carbons (Fsp3) is 0.433. The van der Waals surface area contributed by atoms with E-state index in [9.17, 15) is 9.59 Å². The minimum absolute atomic E-state index is 0.121. The maximum absolute atomic E-state index is 12.9. The van der Waals surface area contributed by atoms with E-state index in [1.165, 1.54) is 29.9 Å². The van der Waals surface area contributed by atoms with E-state index in [1.54, 1.807) is 13.8 Å². The summed E-state index contributed by atoms with van der Waals surface area (Å²) in [6.07, 6.45) is 4.03. The molecule has 0 unspecified atom stereocenters. The average molecular weight is 549 g/mol. The Labute approximate surface area is 233 Å². The van der Waals surface area contributed by atoms with Crippen LogP contribution in [0.25, 0.3) is 0 Å². The third-order valence-corrected chi connectivity index (χ3v) is 8.20. The molecular weight excluding hydrogens is 512 g/mol. The third kappa shape index (κ3) is 7.09. The first kappa shape index (κ1) is 27.0. The summed E-state index contributed by atoms with van der Waals surface area (Å²) in [7, 11) is 0. The molecule has 1 aromatic heterocycles. The molecule has 1 aliphatic heterocycles. The van der Waals surface area contributed by atoms with E-state index in [-0.39, 0.29) is 24.0 Å². The molecule has 2 amide bonds. The van der Waals surface area contributed by atoms with E-state index in [2.05, 4.69) is 44.8 Å². The molecule has 1 aliphatic carbocycles. The number of ether oxygens (including phenoxy) is 2. The van der Waals surface area contributed by atoms with Crippen molar-refractivity contribution in [2.45, 2.75) is 58.6 Å². The van der Waals surface area contributed by atoms with Crippen molar-refractivity contribution in [1.82, 2.24) is 10.3 Å². The number of amides is 2. The number of aromatic nitrogens is 1. The van der Waals surface area contributed by atoms with Gasteiger partial charge in [-0.2, -0.15) is 0 Å². The van der Waals surface area contributed by atoms with Gasteiger partial charge in [0.25, 0.3) is 5.91 Å². The summed E-state index contributed by atoms with van der Waals surface area (Å²) in [6, 6.07) is 16.1. The molecule has 2 aliphatic rings. The zero-order chi connectivity index (χ0) is 27.4. The van der Waals surface area contributed by atoms with Crippen molar-refractivity contribution in [2.75, 3.05) is 29.9 Å². The molecule has 3 aromatic rings. The van der Waals surface area contributed by atoms with Crippen LogP contribution in [0.2, 0.25) is 0 Å². The number of aryl methyl sites for hydroxylation is 1. The van der Waals surface area contributed by atoms with Crippen LogP contribution in [-0.4, -0.2) is 42.6 Å². The lowest BCUT2D eigenvalue weighted by Crippen LogP contribution is -2.26. The van der Waals surface area contributed by atoms with Crippen LogP contribution in [0.5, 0.6) is 11.5 Å². The number of carbonyl (C=O) groups excluding carboxylic acids is 2. The fourth-order valence-corrected chi connectivity index (χ4v) is 5.44. The highest BCUT2D eigenvalue weighted by molar-refractivity contribution is 7.17. The van der Waals surface area contributed by atoms with Crippen LogP contribution in [0.15, 0.2) is 48.5 Å². The van der Waals surface area contributed by atoms with Gasteiger partial charge >= 0.3 is 0 Å². The molecule has 2 heterocycles. The van der Waals surface area contributed by atoms with Crippen molar-refractivity contribution < 1.29 is 19.1 Å². The number of benzene rings is 2. The zero-order valence-corrected chi connectivity index (χ0v) is 23.6. The molecule has 39 heavy (non-hydrogen) atoms. The molecule has 0 spiro atoms. The molecule has 9 heteroatoms. The number of carbonyl (C=O) groups is 2. The first-order valence-corrected chi connectivity index (χ1v) is 14.5. The van der Waals surface area contributed by atoms with Crippen LogP contribution >= 0.6 is 11.3 Å². The Balaban J connectivity index is 1.10. The lowest BCUT2D eigenvalue weighted by atomic mass is 10.1. The van der Waals surface area contributed by atoms with Gasteiger partial charge in [-0.1, -0.05) is 30.4 Å². The van der Waals surface area contributed by atoms with Crippen LogP contribution in [0, 0.1) is 12.8 Å². The van der Waals surface area contributed by atoms with Crippen molar-refractivity contribution in [3.63, 3.8) is 0 Å². The smallest absolute Gasteiger partial charge is 0.263 e. The second-order valence-electron chi connectivity index (χ2n) is 10.3. The summed E-state index contributed by atoms with van der Waals surface area (Å²) in [5.74, 6) is 2.18. The summed E-state index contributed by atoms with van der Waals surface area (Å²) in [5, 5.41) is 6.20. The van der Waals surface area contributed by atoms with E-state index in [1.807, 2.05) is 31.2 Å². The molecule has 2 atom stereocenters. The van der Waals surface area contributed by atoms with E-state index in [0.29, 0.717) is 22.1 Å². The second-order valence-corrected chi connectivity index (χ2v) is 11.3. The number of thiazole rings is 1. The Hall–Kier alpha value is -3.59. The lowest BCUT2D eigenvalue weighted by Gasteiger charge is -2.20.